The van der Waals surface area contributed by atoms with Crippen molar-refractivity contribution < 1.29 is 15.3 Å². The summed E-state index contributed by atoms with van der Waals surface area (Å²) in [6, 6.07) is 14.2. The highest BCUT2D eigenvalue weighted by molar-refractivity contribution is 5.85. The zero-order valence-electron chi connectivity index (χ0n) is 13.9. The molecule has 2 aromatic carbocycles. The monoisotopic (exact) mass is 333 g/mol. The van der Waals surface area contributed by atoms with E-state index in [1.54, 1.807) is 24.3 Å². The fraction of sp³-hybridized carbons (Fsp3) is 0.136. The lowest BCUT2D eigenvalue weighted by Crippen LogP contribution is -2.05. The minimum absolute atomic E-state index is 0.128. The minimum Gasteiger partial charge on any atom is -0.508 e. The molecule has 1 fully saturated rings. The average Bonchev–Trinajstić information content (AvgIpc) is 3.15. The molecular weight excluding hydrogens is 312 g/mol. The van der Waals surface area contributed by atoms with Crippen LogP contribution in [-0.2, 0) is 0 Å². The molecule has 3 nitrogen and oxygen atoms in total. The molecule has 5 radical (unpaired) electrons. The molecule has 0 amide bonds. The quantitative estimate of drug-likeness (QED) is 0.746. The van der Waals surface area contributed by atoms with E-state index in [0.717, 1.165) is 34.6 Å². The number of hydrogen-bond acceptors (Lipinski definition) is 3. The van der Waals surface area contributed by atoms with Crippen LogP contribution in [0.15, 0.2) is 54.1 Å². The molecule has 0 aromatic heterocycles. The molecule has 2 aromatic rings. The Bertz CT molecular complexity index is 660. The summed E-state index contributed by atoms with van der Waals surface area (Å²) in [5, 5.41) is 28.6. The molecule has 0 aliphatic heterocycles. The largest absolute Gasteiger partial charge is 0.508 e. The second kappa shape index (κ2) is 8.21. The van der Waals surface area contributed by atoms with Crippen molar-refractivity contribution in [3.05, 3.63) is 96.8 Å². The number of allylic oxidation sites excluding steroid dienone is 1. The van der Waals surface area contributed by atoms with Gasteiger partial charge in [-0.15, -0.1) is 0 Å². The lowest BCUT2D eigenvalue weighted by atomic mass is 9.83. The van der Waals surface area contributed by atoms with Gasteiger partial charge >= 0.3 is 0 Å². The molecule has 1 saturated carbocycles. The molecule has 127 valence electrons. The molecule has 1 aliphatic carbocycles. The van der Waals surface area contributed by atoms with Crippen molar-refractivity contribution in [1.82, 2.24) is 0 Å². The van der Waals surface area contributed by atoms with Crippen LogP contribution >= 0.6 is 0 Å². The van der Waals surface area contributed by atoms with Gasteiger partial charge in [0.2, 0.25) is 0 Å². The second-order valence-corrected chi connectivity index (χ2v) is 5.95. The summed E-state index contributed by atoms with van der Waals surface area (Å²) in [4.78, 5) is 0. The van der Waals surface area contributed by atoms with Gasteiger partial charge in [0.15, 0.2) is 0 Å². The van der Waals surface area contributed by atoms with Crippen molar-refractivity contribution in [2.45, 2.75) is 12.8 Å². The normalized spacial score (nSPS) is 14.6. The van der Waals surface area contributed by atoms with Crippen LogP contribution in [-0.4, -0.2) is 21.9 Å². The van der Waals surface area contributed by atoms with E-state index in [1.165, 1.54) is 0 Å². The Morgan fingerprint density at radius 2 is 1.20 bits per heavy atom. The van der Waals surface area contributed by atoms with E-state index >= 15 is 0 Å². The summed E-state index contributed by atoms with van der Waals surface area (Å²) < 4.78 is 0. The van der Waals surface area contributed by atoms with Crippen LogP contribution in [0.2, 0.25) is 0 Å². The minimum atomic E-state index is 0.128. The van der Waals surface area contributed by atoms with Crippen molar-refractivity contribution in [3.8, 4) is 11.5 Å². The molecule has 0 saturated heterocycles. The van der Waals surface area contributed by atoms with E-state index in [2.05, 4.69) is 12.8 Å². The third-order valence-electron chi connectivity index (χ3n) is 4.21. The van der Waals surface area contributed by atoms with E-state index < -0.39 is 0 Å². The second-order valence-electron chi connectivity index (χ2n) is 5.95. The number of hydrogen-bond donors (Lipinski definition) is 3. The van der Waals surface area contributed by atoms with E-state index in [-0.39, 0.29) is 18.1 Å². The molecule has 3 N–H and O–H groups in total. The third kappa shape index (κ3) is 4.23. The maximum absolute atomic E-state index is 9.63. The number of aliphatic hydroxyl groups excluding tert-OH is 1. The number of aliphatic hydroxyl groups is 1. The third-order valence-corrected chi connectivity index (χ3v) is 4.21. The SMILES string of the molecule is OCCCC([C]1[CH][CH][CH][CH]1)=C(c1ccc(O)cc1)c1ccc(O)cc1. The standard InChI is InChI=1S/C22H21O3/c23-15-3-6-21(16-4-1-2-5-16)22(17-7-11-19(24)12-8-17)18-9-13-20(25)14-10-18/h1-2,4-5,7-14,23-25H,3,6,15H2. The van der Waals surface area contributed by atoms with Gasteiger partial charge in [-0.25, -0.2) is 0 Å². The first-order valence-corrected chi connectivity index (χ1v) is 8.34. The van der Waals surface area contributed by atoms with Crippen molar-refractivity contribution in [2.75, 3.05) is 6.61 Å². The number of phenolic OH excluding ortho intramolecular Hbond substituents is 2. The maximum Gasteiger partial charge on any atom is 0.115 e. The van der Waals surface area contributed by atoms with Gasteiger partial charge in [-0.1, -0.05) is 29.8 Å². The zero-order valence-corrected chi connectivity index (χ0v) is 13.9. The number of aromatic hydroxyl groups is 2. The van der Waals surface area contributed by atoms with Crippen LogP contribution in [0.3, 0.4) is 0 Å². The van der Waals surface area contributed by atoms with Crippen LogP contribution in [0.5, 0.6) is 11.5 Å². The Morgan fingerprint density at radius 1 is 0.720 bits per heavy atom. The van der Waals surface area contributed by atoms with E-state index in [9.17, 15) is 15.3 Å². The van der Waals surface area contributed by atoms with Crippen LogP contribution < -0.4 is 0 Å². The highest BCUT2D eigenvalue weighted by Gasteiger charge is 2.25. The van der Waals surface area contributed by atoms with Gasteiger partial charge in [-0.3, -0.25) is 0 Å². The van der Waals surface area contributed by atoms with Gasteiger partial charge in [0, 0.05) is 12.5 Å². The highest BCUT2D eigenvalue weighted by Crippen LogP contribution is 2.40. The van der Waals surface area contributed by atoms with Gasteiger partial charge in [0.1, 0.15) is 11.5 Å². The van der Waals surface area contributed by atoms with Crippen molar-refractivity contribution in [3.63, 3.8) is 0 Å². The van der Waals surface area contributed by atoms with Crippen LogP contribution in [0.25, 0.3) is 5.57 Å². The van der Waals surface area contributed by atoms with E-state index in [1.807, 2.05) is 37.1 Å². The first-order chi connectivity index (χ1) is 12.2. The van der Waals surface area contributed by atoms with Gasteiger partial charge in [0.05, 0.1) is 0 Å². The summed E-state index contributed by atoms with van der Waals surface area (Å²) in [6.07, 6.45) is 9.53. The summed E-state index contributed by atoms with van der Waals surface area (Å²) in [6.45, 7) is 0.128. The molecular formula is C22H21O3. The Balaban J connectivity index is 2.14. The Hall–Kier alpha value is -2.26. The van der Waals surface area contributed by atoms with Gasteiger partial charge in [-0.05, 0) is 79.5 Å². The molecule has 0 unspecified atom stereocenters. The molecule has 0 spiro atoms. The summed E-state index contributed by atoms with van der Waals surface area (Å²) in [5.41, 5.74) is 4.14. The first kappa shape index (κ1) is 17.6. The Labute approximate surface area is 149 Å². The number of benzene rings is 2. The number of rotatable bonds is 6. The average molecular weight is 333 g/mol. The van der Waals surface area contributed by atoms with Crippen molar-refractivity contribution in [1.29, 1.82) is 0 Å². The predicted octanol–water partition coefficient (Wildman–Crippen LogP) is 4.08. The molecule has 1 aliphatic rings. The smallest absolute Gasteiger partial charge is 0.115 e. The van der Waals surface area contributed by atoms with E-state index in [0.29, 0.717) is 6.42 Å². The predicted molar refractivity (Wildman–Crippen MR) is 99.0 cm³/mol. The molecule has 3 heteroatoms. The zero-order chi connectivity index (χ0) is 17.6. The molecule has 25 heavy (non-hydrogen) atoms. The summed E-state index contributed by atoms with van der Waals surface area (Å²) in [7, 11) is 0. The molecule has 0 bridgehead atoms. The van der Waals surface area contributed by atoms with Gasteiger partial charge in [0.25, 0.3) is 0 Å². The van der Waals surface area contributed by atoms with Crippen molar-refractivity contribution >= 4 is 5.57 Å². The van der Waals surface area contributed by atoms with Gasteiger partial charge in [-0.2, -0.15) is 0 Å². The first-order valence-electron chi connectivity index (χ1n) is 8.34. The lowest BCUT2D eigenvalue weighted by Gasteiger charge is -2.21. The van der Waals surface area contributed by atoms with Crippen LogP contribution in [0.4, 0.5) is 0 Å². The van der Waals surface area contributed by atoms with E-state index in [4.69, 9.17) is 0 Å². The summed E-state index contributed by atoms with van der Waals surface area (Å²) >= 11 is 0. The van der Waals surface area contributed by atoms with Crippen molar-refractivity contribution in [2.24, 2.45) is 0 Å². The van der Waals surface area contributed by atoms with Gasteiger partial charge < -0.3 is 15.3 Å². The topological polar surface area (TPSA) is 60.7 Å². The molecule has 3 rings (SSSR count). The Morgan fingerprint density at radius 3 is 1.64 bits per heavy atom. The maximum atomic E-state index is 9.63. The Kier molecular flexibility index (Phi) is 5.77. The van der Waals surface area contributed by atoms with Crippen LogP contribution in [0, 0.1) is 31.6 Å². The van der Waals surface area contributed by atoms with Crippen LogP contribution in [0.1, 0.15) is 24.0 Å². The molecule has 0 atom stereocenters. The number of phenols is 2. The fourth-order valence-electron chi connectivity index (χ4n) is 3.02. The summed E-state index contributed by atoms with van der Waals surface area (Å²) in [5.74, 6) is 1.56. The molecule has 0 heterocycles. The lowest BCUT2D eigenvalue weighted by molar-refractivity contribution is 0.288. The highest BCUT2D eigenvalue weighted by atomic mass is 16.3. The fourth-order valence-corrected chi connectivity index (χ4v) is 3.02.